The molecular weight excluding hydrogens is 235 g/mol. The lowest BCUT2D eigenvalue weighted by Gasteiger charge is -2.06. The van der Waals surface area contributed by atoms with Crippen LogP contribution in [-0.2, 0) is 0 Å². The summed E-state index contributed by atoms with van der Waals surface area (Å²) in [5.74, 6) is 0.680. The predicted molar refractivity (Wildman–Crippen MR) is 69.9 cm³/mol. The summed E-state index contributed by atoms with van der Waals surface area (Å²) in [6.45, 7) is 0.730. The van der Waals surface area contributed by atoms with E-state index < -0.39 is 0 Å². The first kappa shape index (κ1) is 11.9. The number of halogens is 1. The van der Waals surface area contributed by atoms with Crippen molar-refractivity contribution in [3.05, 3.63) is 54.6 Å². The third-order valence-corrected chi connectivity index (χ3v) is 3.22. The molecule has 0 unspecified atom stereocenters. The molecule has 0 aliphatic carbocycles. The van der Waals surface area contributed by atoms with Crippen LogP contribution in [0.1, 0.15) is 0 Å². The Morgan fingerprint density at radius 3 is 2.65 bits per heavy atom. The summed E-state index contributed by atoms with van der Waals surface area (Å²) in [6.07, 6.45) is 3.54. The maximum atomic E-state index is 13.3. The molecule has 0 aliphatic heterocycles. The number of aromatic nitrogens is 1. The van der Waals surface area contributed by atoms with E-state index in [0.717, 1.165) is 12.3 Å². The van der Waals surface area contributed by atoms with Gasteiger partial charge in [-0.1, -0.05) is 12.1 Å². The SMILES string of the molecule is Fc1ccccc1NCCSc1ccncc1. The van der Waals surface area contributed by atoms with Crippen molar-refractivity contribution < 1.29 is 4.39 Å². The van der Waals surface area contributed by atoms with Crippen LogP contribution in [0.2, 0.25) is 0 Å². The van der Waals surface area contributed by atoms with E-state index in [1.165, 1.54) is 11.0 Å². The van der Waals surface area contributed by atoms with Crippen LogP contribution in [0.5, 0.6) is 0 Å². The van der Waals surface area contributed by atoms with Gasteiger partial charge in [-0.15, -0.1) is 11.8 Å². The number of rotatable bonds is 5. The second kappa shape index (κ2) is 6.25. The van der Waals surface area contributed by atoms with E-state index in [9.17, 15) is 4.39 Å². The smallest absolute Gasteiger partial charge is 0.146 e. The molecule has 2 rings (SSSR count). The minimum atomic E-state index is -0.207. The molecule has 1 aromatic heterocycles. The summed E-state index contributed by atoms with van der Waals surface area (Å²) in [5.41, 5.74) is 0.558. The van der Waals surface area contributed by atoms with Gasteiger partial charge in [-0.3, -0.25) is 4.98 Å². The zero-order valence-electron chi connectivity index (χ0n) is 9.27. The molecule has 17 heavy (non-hydrogen) atoms. The zero-order valence-corrected chi connectivity index (χ0v) is 10.1. The van der Waals surface area contributed by atoms with Gasteiger partial charge < -0.3 is 5.32 Å². The van der Waals surface area contributed by atoms with Crippen molar-refractivity contribution in [3.63, 3.8) is 0 Å². The lowest BCUT2D eigenvalue weighted by Crippen LogP contribution is -2.05. The Kier molecular flexibility index (Phi) is 4.38. The average molecular weight is 248 g/mol. The van der Waals surface area contributed by atoms with Crippen molar-refractivity contribution in [2.24, 2.45) is 0 Å². The summed E-state index contributed by atoms with van der Waals surface area (Å²) in [5, 5.41) is 3.07. The first-order chi connectivity index (χ1) is 8.36. The Hall–Kier alpha value is -1.55. The highest BCUT2D eigenvalue weighted by Gasteiger charge is 1.98. The normalized spacial score (nSPS) is 10.2. The van der Waals surface area contributed by atoms with Gasteiger partial charge in [0.2, 0.25) is 0 Å². The molecule has 0 bridgehead atoms. The van der Waals surface area contributed by atoms with Crippen molar-refractivity contribution in [1.29, 1.82) is 0 Å². The Labute approximate surface area is 104 Å². The summed E-state index contributed by atoms with van der Waals surface area (Å²) in [7, 11) is 0. The van der Waals surface area contributed by atoms with E-state index >= 15 is 0 Å². The second-order valence-electron chi connectivity index (χ2n) is 3.44. The van der Waals surface area contributed by atoms with Crippen LogP contribution in [0, 0.1) is 5.82 Å². The van der Waals surface area contributed by atoms with Crippen molar-refractivity contribution in [2.45, 2.75) is 4.90 Å². The second-order valence-corrected chi connectivity index (χ2v) is 4.61. The molecule has 1 heterocycles. The molecule has 4 heteroatoms. The van der Waals surface area contributed by atoms with Gasteiger partial charge in [0.1, 0.15) is 5.82 Å². The van der Waals surface area contributed by atoms with Crippen LogP contribution < -0.4 is 5.32 Å². The Morgan fingerprint density at radius 2 is 1.88 bits per heavy atom. The highest BCUT2D eigenvalue weighted by Crippen LogP contribution is 2.17. The zero-order chi connectivity index (χ0) is 11.9. The van der Waals surface area contributed by atoms with Crippen LogP contribution in [0.25, 0.3) is 0 Å². The number of hydrogen-bond donors (Lipinski definition) is 1. The van der Waals surface area contributed by atoms with Gasteiger partial charge in [0.25, 0.3) is 0 Å². The molecule has 0 saturated carbocycles. The number of thioether (sulfide) groups is 1. The largest absolute Gasteiger partial charge is 0.382 e. The monoisotopic (exact) mass is 248 g/mol. The van der Waals surface area contributed by atoms with Crippen LogP contribution >= 0.6 is 11.8 Å². The van der Waals surface area contributed by atoms with Crippen molar-refractivity contribution in [3.8, 4) is 0 Å². The quantitative estimate of drug-likeness (QED) is 0.648. The average Bonchev–Trinajstić information content (AvgIpc) is 2.38. The summed E-state index contributed by atoms with van der Waals surface area (Å²) < 4.78 is 13.3. The molecular formula is C13H13FN2S. The molecule has 0 fully saturated rings. The van der Waals surface area contributed by atoms with Gasteiger partial charge in [0.15, 0.2) is 0 Å². The van der Waals surface area contributed by atoms with Crippen LogP contribution in [0.3, 0.4) is 0 Å². The van der Waals surface area contributed by atoms with Gasteiger partial charge in [-0.25, -0.2) is 4.39 Å². The molecule has 0 radical (unpaired) electrons. The van der Waals surface area contributed by atoms with E-state index in [0.29, 0.717) is 5.69 Å². The van der Waals surface area contributed by atoms with Gasteiger partial charge in [0.05, 0.1) is 5.69 Å². The summed E-state index contributed by atoms with van der Waals surface area (Å²) in [4.78, 5) is 5.13. The molecule has 2 nitrogen and oxygen atoms in total. The third kappa shape index (κ3) is 3.75. The molecule has 1 N–H and O–H groups in total. The lowest BCUT2D eigenvalue weighted by atomic mass is 10.3. The number of nitrogens with one attached hydrogen (secondary N) is 1. The van der Waals surface area contributed by atoms with Crippen LogP contribution in [0.15, 0.2) is 53.7 Å². The predicted octanol–water partition coefficient (Wildman–Crippen LogP) is 3.42. The molecule has 0 saturated heterocycles. The van der Waals surface area contributed by atoms with Gasteiger partial charge in [-0.2, -0.15) is 0 Å². The molecule has 1 aromatic carbocycles. The van der Waals surface area contributed by atoms with Crippen LogP contribution in [-0.4, -0.2) is 17.3 Å². The number of nitrogens with zero attached hydrogens (tertiary/aromatic N) is 1. The minimum absolute atomic E-state index is 0.207. The van der Waals surface area contributed by atoms with E-state index in [1.54, 1.807) is 36.3 Å². The van der Waals surface area contributed by atoms with Crippen molar-refractivity contribution in [2.75, 3.05) is 17.6 Å². The molecule has 0 spiro atoms. The highest BCUT2D eigenvalue weighted by atomic mass is 32.2. The topological polar surface area (TPSA) is 24.9 Å². The van der Waals surface area contributed by atoms with Gasteiger partial charge in [-0.05, 0) is 24.3 Å². The maximum Gasteiger partial charge on any atom is 0.146 e. The van der Waals surface area contributed by atoms with Crippen LogP contribution in [0.4, 0.5) is 10.1 Å². The van der Waals surface area contributed by atoms with E-state index in [4.69, 9.17) is 0 Å². The van der Waals surface area contributed by atoms with Gasteiger partial charge >= 0.3 is 0 Å². The highest BCUT2D eigenvalue weighted by molar-refractivity contribution is 7.99. The fourth-order valence-electron chi connectivity index (χ4n) is 1.39. The van der Waals surface area contributed by atoms with Crippen molar-refractivity contribution >= 4 is 17.4 Å². The van der Waals surface area contributed by atoms with E-state index in [-0.39, 0.29) is 5.82 Å². The molecule has 0 amide bonds. The van der Waals surface area contributed by atoms with E-state index in [1.807, 2.05) is 18.2 Å². The number of pyridine rings is 1. The molecule has 0 aliphatic rings. The third-order valence-electron chi connectivity index (χ3n) is 2.21. The number of anilines is 1. The molecule has 0 atom stereocenters. The Morgan fingerprint density at radius 1 is 1.12 bits per heavy atom. The Balaban J connectivity index is 1.76. The lowest BCUT2D eigenvalue weighted by molar-refractivity contribution is 0.630. The molecule has 2 aromatic rings. The van der Waals surface area contributed by atoms with Crippen molar-refractivity contribution in [1.82, 2.24) is 4.98 Å². The standard InChI is InChI=1S/C13H13FN2S/c14-12-3-1-2-4-13(12)16-9-10-17-11-5-7-15-8-6-11/h1-8,16H,9-10H2. The number of para-hydroxylation sites is 1. The minimum Gasteiger partial charge on any atom is -0.382 e. The van der Waals surface area contributed by atoms with E-state index in [2.05, 4.69) is 10.3 Å². The fourth-order valence-corrected chi connectivity index (χ4v) is 2.15. The number of hydrogen-bond acceptors (Lipinski definition) is 3. The molecule has 88 valence electrons. The van der Waals surface area contributed by atoms with Gasteiger partial charge in [0, 0.05) is 29.6 Å². The Bertz CT molecular complexity index is 462. The fraction of sp³-hybridized carbons (Fsp3) is 0.154. The first-order valence-electron chi connectivity index (χ1n) is 5.37. The maximum absolute atomic E-state index is 13.3. The first-order valence-corrected chi connectivity index (χ1v) is 6.36. The number of benzene rings is 1. The summed E-state index contributed by atoms with van der Waals surface area (Å²) >= 11 is 1.72. The summed E-state index contributed by atoms with van der Waals surface area (Å²) in [6, 6.07) is 10.6.